The van der Waals surface area contributed by atoms with Crippen LogP contribution in [0.25, 0.3) is 0 Å². The van der Waals surface area contributed by atoms with Crippen LogP contribution in [-0.4, -0.2) is 120 Å². The molecule has 0 aromatic heterocycles. The van der Waals surface area contributed by atoms with Crippen LogP contribution in [0.5, 0.6) is 0 Å². The largest absolute Gasteiger partial charge is 0.469 e. The summed E-state index contributed by atoms with van der Waals surface area (Å²) in [5, 5.41) is 36.9. The normalized spacial score (nSPS) is 56.1. The van der Waals surface area contributed by atoms with Gasteiger partial charge in [-0.1, -0.05) is 13.0 Å². The first-order valence-electron chi connectivity index (χ1n) is 16.2. The molecular weight excluding hydrogens is 620 g/mol. The van der Waals surface area contributed by atoms with Crippen molar-refractivity contribution in [3.63, 3.8) is 0 Å². The number of carbonyl (C=O) groups excluding carboxylic acids is 3. The van der Waals surface area contributed by atoms with Crippen molar-refractivity contribution in [2.24, 2.45) is 34.0 Å². The maximum Gasteiger partial charge on any atom is 0.335 e. The van der Waals surface area contributed by atoms with E-state index in [-0.39, 0.29) is 19.6 Å². The molecule has 47 heavy (non-hydrogen) atoms. The van der Waals surface area contributed by atoms with Gasteiger partial charge in [-0.05, 0) is 33.3 Å². The summed E-state index contributed by atoms with van der Waals surface area (Å²) in [4.78, 5) is 40.8. The van der Waals surface area contributed by atoms with E-state index in [4.69, 9.17) is 37.9 Å². The fourth-order valence-electron chi connectivity index (χ4n) is 11.7. The Hall–Kier alpha value is -2.59. The third-order valence-corrected chi connectivity index (χ3v) is 13.8. The maximum atomic E-state index is 14.0. The average Bonchev–Trinajstić information content (AvgIpc) is 3.49. The van der Waals surface area contributed by atoms with E-state index in [0.29, 0.717) is 12.0 Å². The zero-order chi connectivity index (χ0) is 33.7. The highest BCUT2D eigenvalue weighted by Gasteiger charge is 2.95. The van der Waals surface area contributed by atoms with Crippen LogP contribution in [0.3, 0.4) is 0 Å². The van der Waals surface area contributed by atoms with Crippen LogP contribution in [0.15, 0.2) is 24.0 Å². The SMILES string of the molecule is CC=C(C)C(=O)O[C@@H]1C[C@H](O)[C@]23COC(C(=O)OC)[C@H]2[C@](C)(C24OC2(C)C2C[C@H]4O[C@@H]4OC=CC24O)[C@H](O)[C@@H]2OC[C@@]1(C(=O)OC)C23. The number of ether oxygens (including phenoxy) is 8. The molecule has 2 bridgehead atoms. The molecule has 258 valence electrons. The molecule has 3 aliphatic carbocycles. The Bertz CT molecular complexity index is 1490. The number of aliphatic hydroxyl groups excluding tert-OH is 2. The highest BCUT2D eigenvalue weighted by atomic mass is 16.7. The summed E-state index contributed by atoms with van der Waals surface area (Å²) >= 11 is 0. The van der Waals surface area contributed by atoms with Gasteiger partial charge in [-0.3, -0.25) is 4.79 Å². The Balaban J connectivity index is 1.32. The van der Waals surface area contributed by atoms with Crippen molar-refractivity contribution in [3.05, 3.63) is 24.0 Å². The summed E-state index contributed by atoms with van der Waals surface area (Å²) in [7, 11) is 2.45. The number of epoxide rings is 1. The minimum absolute atomic E-state index is 0.196. The zero-order valence-electron chi connectivity index (χ0n) is 27.2. The van der Waals surface area contributed by atoms with E-state index in [2.05, 4.69) is 0 Å². The molecule has 0 aromatic rings. The highest BCUT2D eigenvalue weighted by molar-refractivity contribution is 5.88. The van der Waals surface area contributed by atoms with Crippen molar-refractivity contribution in [1.29, 1.82) is 0 Å². The molecule has 3 N–H and O–H groups in total. The monoisotopic (exact) mass is 662 g/mol. The van der Waals surface area contributed by atoms with Crippen LogP contribution in [-0.2, 0) is 52.3 Å². The molecule has 8 rings (SSSR count). The standard InChI is InChI=1S/C33H42O14/c1-7-14(2)24(36)45-17-11-16(34)30-12-44-20(25(37)40-5)21(30)28(3,23(35)19-22(30)31(17,13-43-19)26(38)41-6)33-18-10-15(29(33,4)47-33)32(39)8-9-42-27(32)46-18/h7-9,15-23,27,34-35,39H,10-13H2,1-6H3/t15?,16-,17+,18+,19+,20?,21-,22?,23+,27-,28-,29?,30+,31-,32?,33?/m0/s1. The third kappa shape index (κ3) is 3.20. The van der Waals surface area contributed by atoms with Crippen molar-refractivity contribution in [2.45, 2.75) is 100 Å². The molecule has 0 amide bonds. The van der Waals surface area contributed by atoms with Crippen LogP contribution in [0.2, 0.25) is 0 Å². The van der Waals surface area contributed by atoms with Gasteiger partial charge in [-0.25, -0.2) is 9.59 Å². The fraction of sp³-hybridized carbons (Fsp3) is 0.788. The van der Waals surface area contributed by atoms with Crippen LogP contribution in [0.1, 0.15) is 40.5 Å². The van der Waals surface area contributed by atoms with Crippen LogP contribution in [0, 0.1) is 34.0 Å². The van der Waals surface area contributed by atoms with Crippen molar-refractivity contribution in [2.75, 3.05) is 27.4 Å². The van der Waals surface area contributed by atoms with Crippen molar-refractivity contribution < 1.29 is 67.6 Å². The number of carbonyl (C=O) groups is 3. The number of allylic oxidation sites excluding steroid dienone is 1. The van der Waals surface area contributed by atoms with Crippen LogP contribution in [0.4, 0.5) is 0 Å². The third-order valence-electron chi connectivity index (χ3n) is 13.8. The number of hydrogen-bond donors (Lipinski definition) is 3. The van der Waals surface area contributed by atoms with E-state index in [1.807, 2.05) is 6.92 Å². The predicted octanol–water partition coefficient (Wildman–Crippen LogP) is -0.0939. The lowest BCUT2D eigenvalue weighted by atomic mass is 9.38. The molecule has 14 nitrogen and oxygen atoms in total. The Kier molecular flexibility index (Phi) is 6.44. The minimum Gasteiger partial charge on any atom is -0.469 e. The van der Waals surface area contributed by atoms with Gasteiger partial charge < -0.3 is 53.2 Å². The number of methoxy groups -OCH3 is 2. The van der Waals surface area contributed by atoms with Gasteiger partial charge in [0.1, 0.15) is 22.7 Å². The number of rotatable bonds is 5. The van der Waals surface area contributed by atoms with Crippen molar-refractivity contribution >= 4 is 17.9 Å². The Labute approximate surface area is 271 Å². The lowest BCUT2D eigenvalue weighted by molar-refractivity contribution is -0.295. The van der Waals surface area contributed by atoms with E-state index in [1.54, 1.807) is 32.9 Å². The van der Waals surface area contributed by atoms with Gasteiger partial charge in [0.25, 0.3) is 0 Å². The summed E-state index contributed by atoms with van der Waals surface area (Å²) in [6.07, 6.45) is -3.30. The van der Waals surface area contributed by atoms with Gasteiger partial charge >= 0.3 is 17.9 Å². The zero-order valence-corrected chi connectivity index (χ0v) is 27.2. The summed E-state index contributed by atoms with van der Waals surface area (Å²) in [5.74, 6) is -4.66. The second kappa shape index (κ2) is 9.55. The molecule has 7 fully saturated rings. The first kappa shape index (κ1) is 31.7. The molecule has 5 aliphatic heterocycles. The van der Waals surface area contributed by atoms with E-state index in [9.17, 15) is 29.7 Å². The summed E-state index contributed by atoms with van der Waals surface area (Å²) in [5.41, 5.74) is -8.08. The molecule has 0 radical (unpaired) electrons. The smallest absolute Gasteiger partial charge is 0.335 e. The van der Waals surface area contributed by atoms with Gasteiger partial charge in [0.2, 0.25) is 6.29 Å². The Morgan fingerprint density at radius 1 is 1.02 bits per heavy atom. The molecule has 8 aliphatic rings. The van der Waals surface area contributed by atoms with Crippen LogP contribution >= 0.6 is 0 Å². The summed E-state index contributed by atoms with van der Waals surface area (Å²) < 4.78 is 48.0. The van der Waals surface area contributed by atoms with E-state index in [1.165, 1.54) is 20.5 Å². The van der Waals surface area contributed by atoms with Gasteiger partial charge in [0.05, 0.1) is 58.1 Å². The minimum atomic E-state index is -1.66. The van der Waals surface area contributed by atoms with E-state index >= 15 is 0 Å². The van der Waals surface area contributed by atoms with Gasteiger partial charge in [-0.2, -0.15) is 0 Å². The molecule has 16 atom stereocenters. The first-order chi connectivity index (χ1) is 22.2. The molecule has 6 unspecified atom stereocenters. The summed E-state index contributed by atoms with van der Waals surface area (Å²) in [6, 6.07) is 0. The fourth-order valence-corrected chi connectivity index (χ4v) is 11.7. The number of aliphatic hydroxyl groups is 3. The number of fused-ring (bicyclic) bond motifs is 7. The quantitative estimate of drug-likeness (QED) is 0.153. The van der Waals surface area contributed by atoms with Crippen molar-refractivity contribution in [1.82, 2.24) is 0 Å². The second-order valence-electron chi connectivity index (χ2n) is 15.0. The molecular formula is C33H42O14. The maximum absolute atomic E-state index is 14.0. The van der Waals surface area contributed by atoms with Gasteiger partial charge in [0, 0.05) is 40.6 Å². The first-order valence-corrected chi connectivity index (χ1v) is 16.2. The lowest BCUT2D eigenvalue weighted by Gasteiger charge is -2.65. The molecule has 14 heteroatoms. The number of hydrogen-bond acceptors (Lipinski definition) is 14. The Morgan fingerprint density at radius 2 is 1.77 bits per heavy atom. The van der Waals surface area contributed by atoms with E-state index in [0.717, 1.165) is 0 Å². The molecule has 4 saturated heterocycles. The topological polar surface area (TPSA) is 189 Å². The molecule has 0 aromatic carbocycles. The van der Waals surface area contributed by atoms with Gasteiger partial charge in [-0.15, -0.1) is 0 Å². The molecule has 1 spiro atoms. The lowest BCUT2D eigenvalue weighted by Crippen LogP contribution is -2.77. The van der Waals surface area contributed by atoms with Crippen LogP contribution < -0.4 is 0 Å². The number of esters is 3. The van der Waals surface area contributed by atoms with Gasteiger partial charge in [0.15, 0.2) is 11.7 Å². The predicted molar refractivity (Wildman–Crippen MR) is 154 cm³/mol. The summed E-state index contributed by atoms with van der Waals surface area (Å²) in [6.45, 7) is 6.42. The highest BCUT2D eigenvalue weighted by Crippen LogP contribution is 2.82. The Morgan fingerprint density at radius 3 is 2.45 bits per heavy atom. The second-order valence-corrected chi connectivity index (χ2v) is 15.0. The van der Waals surface area contributed by atoms with Crippen molar-refractivity contribution in [3.8, 4) is 0 Å². The average molecular weight is 663 g/mol. The molecule has 3 saturated carbocycles. The molecule has 5 heterocycles. The van der Waals surface area contributed by atoms with E-state index < -0.39 is 112 Å².